The molecule has 2 N–H and O–H groups in total. The average Bonchev–Trinajstić information content (AvgIpc) is 2.84. The van der Waals surface area contributed by atoms with E-state index in [0.29, 0.717) is 12.5 Å². The summed E-state index contributed by atoms with van der Waals surface area (Å²) in [6.45, 7) is 13.6. The monoisotopic (exact) mass is 390 g/mol. The van der Waals surface area contributed by atoms with E-state index < -0.39 is 0 Å². The molecule has 1 fully saturated rings. The molecule has 27 heavy (non-hydrogen) atoms. The number of aryl methyl sites for hydroxylation is 1. The van der Waals surface area contributed by atoms with E-state index in [2.05, 4.69) is 52.2 Å². The maximum absolute atomic E-state index is 13.0. The lowest BCUT2D eigenvalue weighted by Gasteiger charge is -2.14. The van der Waals surface area contributed by atoms with Gasteiger partial charge in [0.25, 0.3) is 5.91 Å². The van der Waals surface area contributed by atoms with Gasteiger partial charge in [-0.2, -0.15) is 0 Å². The number of hydrogen-bond acceptors (Lipinski definition) is 3. The number of anilines is 1. The van der Waals surface area contributed by atoms with Gasteiger partial charge in [-0.05, 0) is 54.4 Å². The molecule has 1 saturated carbocycles. The van der Waals surface area contributed by atoms with E-state index in [1.807, 2.05) is 0 Å². The fraction of sp³-hybridized carbons (Fsp3) is 0.727. The van der Waals surface area contributed by atoms with Gasteiger partial charge < -0.3 is 10.6 Å². The highest BCUT2D eigenvalue weighted by Gasteiger charge is 2.68. The fourth-order valence-corrected chi connectivity index (χ4v) is 5.78. The standard InChI is InChI=1S/C22H34N2O2S/c1-13(2)11-12-23-18(25)16-14-9-7-8-10-15(14)27-20(16)24-19(26)17-21(3,4)22(17,5)6/h13,17H,7-12H2,1-6H3,(H,23,25)(H,24,26). The van der Waals surface area contributed by atoms with Gasteiger partial charge in [0.2, 0.25) is 5.91 Å². The summed E-state index contributed by atoms with van der Waals surface area (Å²) in [7, 11) is 0. The molecule has 2 amide bonds. The Hall–Kier alpha value is -1.36. The van der Waals surface area contributed by atoms with Crippen LogP contribution < -0.4 is 10.6 Å². The SMILES string of the molecule is CC(C)CCNC(=O)c1c(NC(=O)C2C(C)(C)C2(C)C)sc2c1CCCC2. The van der Waals surface area contributed by atoms with E-state index in [0.717, 1.165) is 48.2 Å². The molecule has 1 aromatic heterocycles. The molecule has 150 valence electrons. The Morgan fingerprint density at radius 2 is 1.74 bits per heavy atom. The minimum absolute atomic E-state index is 0.00630. The Morgan fingerprint density at radius 3 is 2.33 bits per heavy atom. The first-order valence-electron chi connectivity index (χ1n) is 10.3. The quantitative estimate of drug-likeness (QED) is 0.716. The Bertz CT molecular complexity index is 732. The molecule has 0 spiro atoms. The van der Waals surface area contributed by atoms with E-state index in [9.17, 15) is 9.59 Å². The number of amides is 2. The third kappa shape index (κ3) is 3.67. The lowest BCUT2D eigenvalue weighted by molar-refractivity contribution is -0.118. The van der Waals surface area contributed by atoms with Crippen molar-refractivity contribution >= 4 is 28.2 Å². The minimum atomic E-state index is -0.0281. The number of carbonyl (C=O) groups is 2. The van der Waals surface area contributed by atoms with Gasteiger partial charge in [0.15, 0.2) is 0 Å². The maximum Gasteiger partial charge on any atom is 0.254 e. The maximum atomic E-state index is 13.0. The summed E-state index contributed by atoms with van der Waals surface area (Å²) in [5.41, 5.74) is 1.88. The summed E-state index contributed by atoms with van der Waals surface area (Å²) >= 11 is 1.61. The summed E-state index contributed by atoms with van der Waals surface area (Å²) in [5.74, 6) is 0.570. The topological polar surface area (TPSA) is 58.2 Å². The summed E-state index contributed by atoms with van der Waals surface area (Å²) in [6.07, 6.45) is 5.20. The normalized spacial score (nSPS) is 20.3. The minimum Gasteiger partial charge on any atom is -0.352 e. The second-order valence-corrected chi connectivity index (χ2v) is 10.8. The van der Waals surface area contributed by atoms with Gasteiger partial charge in [0.05, 0.1) is 5.56 Å². The molecule has 0 saturated heterocycles. The molecule has 4 nitrogen and oxygen atoms in total. The van der Waals surface area contributed by atoms with Gasteiger partial charge in [-0.25, -0.2) is 0 Å². The highest BCUT2D eigenvalue weighted by molar-refractivity contribution is 7.17. The molecule has 2 aliphatic rings. The van der Waals surface area contributed by atoms with Gasteiger partial charge in [0.1, 0.15) is 5.00 Å². The van der Waals surface area contributed by atoms with Crippen LogP contribution in [0.1, 0.15) is 81.6 Å². The molecule has 0 atom stereocenters. The number of carbonyl (C=O) groups excluding carboxylic acids is 2. The smallest absolute Gasteiger partial charge is 0.254 e. The van der Waals surface area contributed by atoms with Crippen LogP contribution in [0, 0.1) is 22.7 Å². The van der Waals surface area contributed by atoms with E-state index in [-0.39, 0.29) is 28.6 Å². The molecule has 1 aromatic rings. The van der Waals surface area contributed by atoms with Crippen molar-refractivity contribution < 1.29 is 9.59 Å². The molecule has 0 radical (unpaired) electrons. The van der Waals surface area contributed by atoms with Gasteiger partial charge in [-0.15, -0.1) is 11.3 Å². The molecule has 0 bridgehead atoms. The van der Waals surface area contributed by atoms with Crippen molar-refractivity contribution in [2.75, 3.05) is 11.9 Å². The van der Waals surface area contributed by atoms with Gasteiger partial charge in [0, 0.05) is 17.3 Å². The lowest BCUT2D eigenvalue weighted by Crippen LogP contribution is -2.28. The molecule has 0 aliphatic heterocycles. The van der Waals surface area contributed by atoms with Crippen molar-refractivity contribution in [3.63, 3.8) is 0 Å². The second kappa shape index (κ2) is 7.23. The molecule has 3 rings (SSSR count). The van der Waals surface area contributed by atoms with Crippen LogP contribution in [-0.2, 0) is 17.6 Å². The first-order valence-corrected chi connectivity index (χ1v) is 11.1. The molecular weight excluding hydrogens is 356 g/mol. The van der Waals surface area contributed by atoms with Crippen LogP contribution in [0.4, 0.5) is 5.00 Å². The van der Waals surface area contributed by atoms with Crippen LogP contribution in [0.25, 0.3) is 0 Å². The fourth-order valence-electron chi connectivity index (χ4n) is 4.49. The number of fused-ring (bicyclic) bond motifs is 1. The largest absolute Gasteiger partial charge is 0.352 e. The Morgan fingerprint density at radius 1 is 1.11 bits per heavy atom. The summed E-state index contributed by atoms with van der Waals surface area (Å²) in [6, 6.07) is 0. The van der Waals surface area contributed by atoms with Crippen molar-refractivity contribution in [2.24, 2.45) is 22.7 Å². The summed E-state index contributed by atoms with van der Waals surface area (Å²) < 4.78 is 0. The van der Waals surface area contributed by atoms with Crippen molar-refractivity contribution in [3.05, 3.63) is 16.0 Å². The third-order valence-corrected chi connectivity index (χ3v) is 8.13. The molecule has 5 heteroatoms. The first-order chi connectivity index (χ1) is 12.6. The molecule has 0 unspecified atom stereocenters. The van der Waals surface area contributed by atoms with Gasteiger partial charge >= 0.3 is 0 Å². The summed E-state index contributed by atoms with van der Waals surface area (Å²) in [4.78, 5) is 27.2. The highest BCUT2D eigenvalue weighted by atomic mass is 32.1. The lowest BCUT2D eigenvalue weighted by atomic mass is 9.95. The molecule has 1 heterocycles. The predicted molar refractivity (Wildman–Crippen MR) is 112 cm³/mol. The van der Waals surface area contributed by atoms with Gasteiger partial charge in [-0.3, -0.25) is 9.59 Å². The molecular formula is C22H34N2O2S. The van der Waals surface area contributed by atoms with Crippen molar-refractivity contribution in [1.82, 2.24) is 5.32 Å². The highest BCUT2D eigenvalue weighted by Crippen LogP contribution is 2.68. The molecule has 0 aromatic carbocycles. The predicted octanol–water partition coefficient (Wildman–Crippen LogP) is 5.02. The van der Waals surface area contributed by atoms with Gasteiger partial charge in [-0.1, -0.05) is 41.5 Å². The number of hydrogen-bond donors (Lipinski definition) is 2. The summed E-state index contributed by atoms with van der Waals surface area (Å²) in [5, 5.41) is 6.97. The third-order valence-electron chi connectivity index (χ3n) is 6.93. The van der Waals surface area contributed by atoms with Crippen molar-refractivity contribution in [1.29, 1.82) is 0 Å². The number of nitrogens with one attached hydrogen (secondary N) is 2. The second-order valence-electron chi connectivity index (χ2n) is 9.72. The van der Waals surface area contributed by atoms with E-state index in [1.165, 1.54) is 4.88 Å². The van der Waals surface area contributed by atoms with Crippen molar-refractivity contribution in [3.8, 4) is 0 Å². The number of thiophene rings is 1. The Labute approximate surface area is 167 Å². The zero-order chi connectivity index (χ0) is 20.0. The Kier molecular flexibility index (Phi) is 5.46. The van der Waals surface area contributed by atoms with E-state index >= 15 is 0 Å². The van der Waals surface area contributed by atoms with Crippen LogP contribution in [-0.4, -0.2) is 18.4 Å². The van der Waals surface area contributed by atoms with Crippen LogP contribution >= 0.6 is 11.3 Å². The van der Waals surface area contributed by atoms with Crippen LogP contribution in [0.2, 0.25) is 0 Å². The zero-order valence-electron chi connectivity index (χ0n) is 17.6. The van der Waals surface area contributed by atoms with E-state index in [1.54, 1.807) is 11.3 Å². The zero-order valence-corrected chi connectivity index (χ0v) is 18.4. The molecule has 2 aliphatic carbocycles. The van der Waals surface area contributed by atoms with Crippen LogP contribution in [0.3, 0.4) is 0 Å². The Balaban J connectivity index is 1.81. The van der Waals surface area contributed by atoms with Crippen molar-refractivity contribution in [2.45, 2.75) is 73.6 Å². The first kappa shape index (κ1) is 20.4. The van der Waals surface area contributed by atoms with E-state index in [4.69, 9.17) is 0 Å². The average molecular weight is 391 g/mol. The van der Waals surface area contributed by atoms with Crippen LogP contribution in [0.5, 0.6) is 0 Å². The van der Waals surface area contributed by atoms with Crippen LogP contribution in [0.15, 0.2) is 0 Å². The number of rotatable bonds is 6.